The van der Waals surface area contributed by atoms with Gasteiger partial charge in [0.05, 0.1) is 13.0 Å². The molecule has 0 aliphatic carbocycles. The van der Waals surface area contributed by atoms with Gasteiger partial charge in [0.15, 0.2) is 5.78 Å². The summed E-state index contributed by atoms with van der Waals surface area (Å²) in [5.74, 6) is -1.41. The summed E-state index contributed by atoms with van der Waals surface area (Å²) in [6.45, 7) is 1.72. The van der Waals surface area contributed by atoms with Crippen molar-refractivity contribution in [1.82, 2.24) is 0 Å². The first-order valence-electron chi connectivity index (χ1n) is 6.51. The first-order valence-corrected chi connectivity index (χ1v) is 6.51. The molecule has 0 saturated heterocycles. The highest BCUT2D eigenvalue weighted by atomic mass is 19.1. The highest BCUT2D eigenvalue weighted by molar-refractivity contribution is 6.09. The highest BCUT2D eigenvalue weighted by Crippen LogP contribution is 2.20. The monoisotopic (exact) mass is 286 g/mol. The van der Waals surface area contributed by atoms with E-state index in [0.29, 0.717) is 16.7 Å². The molecule has 1 unspecified atom stereocenters. The molecular weight excluding hydrogens is 271 g/mol. The van der Waals surface area contributed by atoms with E-state index in [9.17, 15) is 14.0 Å². The van der Waals surface area contributed by atoms with Crippen LogP contribution in [-0.4, -0.2) is 18.9 Å². The summed E-state index contributed by atoms with van der Waals surface area (Å²) in [6, 6.07) is 12.2. The molecule has 4 heteroatoms. The third-order valence-electron chi connectivity index (χ3n) is 3.31. The molecule has 0 saturated carbocycles. The van der Waals surface area contributed by atoms with Gasteiger partial charge in [-0.05, 0) is 42.8 Å². The number of ketones is 1. The molecule has 0 aliphatic rings. The topological polar surface area (TPSA) is 43.4 Å². The third-order valence-corrected chi connectivity index (χ3v) is 3.31. The molecule has 0 heterocycles. The van der Waals surface area contributed by atoms with Gasteiger partial charge in [0.1, 0.15) is 5.82 Å². The fourth-order valence-corrected chi connectivity index (χ4v) is 2.03. The molecule has 0 aliphatic heterocycles. The van der Waals surface area contributed by atoms with Gasteiger partial charge in [0.25, 0.3) is 0 Å². The molecule has 0 N–H and O–H groups in total. The Morgan fingerprint density at radius 3 is 2.33 bits per heavy atom. The molecule has 0 bridgehead atoms. The fraction of sp³-hybridized carbons (Fsp3) is 0.176. The summed E-state index contributed by atoms with van der Waals surface area (Å²) in [4.78, 5) is 23.9. The van der Waals surface area contributed by atoms with E-state index in [1.54, 1.807) is 31.2 Å². The number of carbonyl (C=O) groups is 2. The molecule has 1 atom stereocenters. The second-order valence-electron chi connectivity index (χ2n) is 4.71. The number of carbonyl (C=O) groups excluding carboxylic acids is 2. The van der Waals surface area contributed by atoms with Crippen LogP contribution in [0.3, 0.4) is 0 Å². The van der Waals surface area contributed by atoms with Gasteiger partial charge in [-0.25, -0.2) is 4.39 Å². The van der Waals surface area contributed by atoms with E-state index in [2.05, 4.69) is 0 Å². The number of benzene rings is 2. The summed E-state index contributed by atoms with van der Waals surface area (Å²) >= 11 is 0. The lowest BCUT2D eigenvalue weighted by atomic mass is 9.96. The van der Waals surface area contributed by atoms with Crippen molar-refractivity contribution in [2.75, 3.05) is 7.11 Å². The maximum Gasteiger partial charge on any atom is 0.312 e. The standard InChI is InChI=1S/C17H15FO3/c1-11(17(20)21-2)13-4-3-5-14(10-13)16(19)12-6-8-15(18)9-7-12/h3-11H,1-2H3. The Labute approximate surface area is 122 Å². The molecule has 0 aromatic heterocycles. The van der Waals surface area contributed by atoms with Crippen LogP contribution in [0, 0.1) is 5.82 Å². The molecule has 108 valence electrons. The molecule has 0 amide bonds. The van der Waals surface area contributed by atoms with E-state index in [4.69, 9.17) is 4.74 Å². The van der Waals surface area contributed by atoms with Crippen LogP contribution in [-0.2, 0) is 9.53 Å². The number of methoxy groups -OCH3 is 1. The Hall–Kier alpha value is -2.49. The maximum atomic E-state index is 12.9. The Kier molecular flexibility index (Phi) is 4.48. The van der Waals surface area contributed by atoms with Crippen LogP contribution >= 0.6 is 0 Å². The summed E-state index contributed by atoms with van der Waals surface area (Å²) in [6.07, 6.45) is 0. The smallest absolute Gasteiger partial charge is 0.312 e. The van der Waals surface area contributed by atoms with Crippen molar-refractivity contribution in [3.05, 3.63) is 71.0 Å². The molecule has 2 aromatic carbocycles. The van der Waals surface area contributed by atoms with Crippen LogP contribution in [0.1, 0.15) is 34.3 Å². The average molecular weight is 286 g/mol. The predicted octanol–water partition coefficient (Wildman–Crippen LogP) is 3.33. The predicted molar refractivity (Wildman–Crippen MR) is 76.7 cm³/mol. The normalized spacial score (nSPS) is 11.8. The number of ether oxygens (including phenoxy) is 1. The van der Waals surface area contributed by atoms with Gasteiger partial charge in [-0.15, -0.1) is 0 Å². The van der Waals surface area contributed by atoms with Crippen LogP contribution in [0.15, 0.2) is 48.5 Å². The third kappa shape index (κ3) is 3.34. The van der Waals surface area contributed by atoms with E-state index < -0.39 is 5.92 Å². The van der Waals surface area contributed by atoms with Gasteiger partial charge < -0.3 is 4.74 Å². The van der Waals surface area contributed by atoms with E-state index in [0.717, 1.165) is 0 Å². The minimum Gasteiger partial charge on any atom is -0.469 e. The van der Waals surface area contributed by atoms with Crippen LogP contribution in [0.5, 0.6) is 0 Å². The van der Waals surface area contributed by atoms with Crippen molar-refractivity contribution in [3.8, 4) is 0 Å². The van der Waals surface area contributed by atoms with E-state index >= 15 is 0 Å². The van der Waals surface area contributed by atoms with E-state index in [1.165, 1.54) is 31.4 Å². The lowest BCUT2D eigenvalue weighted by Crippen LogP contribution is -2.11. The molecule has 2 rings (SSSR count). The van der Waals surface area contributed by atoms with Crippen molar-refractivity contribution in [1.29, 1.82) is 0 Å². The summed E-state index contributed by atoms with van der Waals surface area (Å²) in [7, 11) is 1.33. The molecule has 2 aromatic rings. The quantitative estimate of drug-likeness (QED) is 0.639. The minimum atomic E-state index is -0.448. The number of halogens is 1. The molecule has 0 spiro atoms. The zero-order valence-electron chi connectivity index (χ0n) is 11.8. The lowest BCUT2D eigenvalue weighted by molar-refractivity contribution is -0.141. The SMILES string of the molecule is COC(=O)C(C)c1cccc(C(=O)c2ccc(F)cc2)c1. The van der Waals surface area contributed by atoms with Gasteiger partial charge >= 0.3 is 5.97 Å². The summed E-state index contributed by atoms with van der Waals surface area (Å²) < 4.78 is 17.6. The first-order chi connectivity index (χ1) is 10.0. The van der Waals surface area contributed by atoms with Gasteiger partial charge in [-0.1, -0.05) is 18.2 Å². The average Bonchev–Trinajstić information content (AvgIpc) is 2.53. The number of rotatable bonds is 4. The zero-order valence-corrected chi connectivity index (χ0v) is 11.8. The van der Waals surface area contributed by atoms with E-state index in [-0.39, 0.29) is 17.6 Å². The zero-order chi connectivity index (χ0) is 15.4. The Balaban J connectivity index is 2.30. The summed E-state index contributed by atoms with van der Waals surface area (Å²) in [5.41, 5.74) is 1.56. The highest BCUT2D eigenvalue weighted by Gasteiger charge is 2.17. The van der Waals surface area contributed by atoms with Crippen molar-refractivity contribution in [2.24, 2.45) is 0 Å². The number of hydrogen-bond acceptors (Lipinski definition) is 3. The van der Waals surface area contributed by atoms with Crippen molar-refractivity contribution in [3.63, 3.8) is 0 Å². The van der Waals surface area contributed by atoms with Crippen LogP contribution in [0.25, 0.3) is 0 Å². The van der Waals surface area contributed by atoms with E-state index in [1.807, 2.05) is 0 Å². The van der Waals surface area contributed by atoms with Gasteiger partial charge in [-0.3, -0.25) is 9.59 Å². The second-order valence-corrected chi connectivity index (χ2v) is 4.71. The fourth-order valence-electron chi connectivity index (χ4n) is 2.03. The van der Waals surface area contributed by atoms with Crippen molar-refractivity contribution in [2.45, 2.75) is 12.8 Å². The van der Waals surface area contributed by atoms with Crippen molar-refractivity contribution >= 4 is 11.8 Å². The molecule has 3 nitrogen and oxygen atoms in total. The molecule has 0 fully saturated rings. The first kappa shape index (κ1) is 14.9. The van der Waals surface area contributed by atoms with Crippen LogP contribution in [0.4, 0.5) is 4.39 Å². The lowest BCUT2D eigenvalue weighted by Gasteiger charge is -2.10. The number of hydrogen-bond donors (Lipinski definition) is 0. The maximum absolute atomic E-state index is 12.9. The minimum absolute atomic E-state index is 0.214. The Morgan fingerprint density at radius 2 is 1.71 bits per heavy atom. The number of esters is 1. The van der Waals surface area contributed by atoms with Crippen LogP contribution < -0.4 is 0 Å². The van der Waals surface area contributed by atoms with Crippen molar-refractivity contribution < 1.29 is 18.7 Å². The summed E-state index contributed by atoms with van der Waals surface area (Å²) in [5, 5.41) is 0. The molecular formula is C17H15FO3. The largest absolute Gasteiger partial charge is 0.469 e. The molecule has 21 heavy (non-hydrogen) atoms. The van der Waals surface area contributed by atoms with Gasteiger partial charge in [0.2, 0.25) is 0 Å². The van der Waals surface area contributed by atoms with Gasteiger partial charge in [0, 0.05) is 11.1 Å². The molecule has 0 radical (unpaired) electrons. The Bertz CT molecular complexity index is 662. The van der Waals surface area contributed by atoms with Crippen LogP contribution in [0.2, 0.25) is 0 Å². The van der Waals surface area contributed by atoms with Gasteiger partial charge in [-0.2, -0.15) is 0 Å². The Morgan fingerprint density at radius 1 is 1.05 bits per heavy atom. The second kappa shape index (κ2) is 6.31.